The Morgan fingerprint density at radius 1 is 1.11 bits per heavy atom. The van der Waals surface area contributed by atoms with Gasteiger partial charge in [-0.1, -0.05) is 37.3 Å². The minimum atomic E-state index is 0.268. The number of aryl methyl sites for hydroxylation is 1. The summed E-state index contributed by atoms with van der Waals surface area (Å²) < 4.78 is 0. The molecule has 2 aromatic rings. The molecule has 0 saturated carbocycles. The van der Waals surface area contributed by atoms with Crippen LogP contribution in [0.1, 0.15) is 18.3 Å². The molecule has 0 radical (unpaired) electrons. The van der Waals surface area contributed by atoms with Crippen molar-refractivity contribution in [3.05, 3.63) is 41.7 Å². The van der Waals surface area contributed by atoms with Crippen molar-refractivity contribution < 1.29 is 0 Å². The summed E-state index contributed by atoms with van der Waals surface area (Å²) in [6.07, 6.45) is 1.67. The van der Waals surface area contributed by atoms with E-state index in [1.54, 1.807) is 0 Å². The fourth-order valence-electron chi connectivity index (χ4n) is 1.64. The molecule has 3 N–H and O–H groups in total. The van der Waals surface area contributed by atoms with Crippen LogP contribution in [-0.2, 0) is 12.8 Å². The first-order valence-corrected chi connectivity index (χ1v) is 6.06. The Labute approximate surface area is 106 Å². The van der Waals surface area contributed by atoms with Gasteiger partial charge >= 0.3 is 0 Å². The monoisotopic (exact) mass is 243 g/mol. The number of benzene rings is 1. The Bertz CT molecular complexity index is 498. The number of rotatable bonds is 5. The number of nitrogen functional groups attached to an aromatic ring is 1. The predicted octanol–water partition coefficient (Wildman–Crippen LogP) is 1.67. The van der Waals surface area contributed by atoms with Gasteiger partial charge in [-0.3, -0.25) is 0 Å². The third kappa shape index (κ3) is 3.41. The molecule has 0 amide bonds. The van der Waals surface area contributed by atoms with Crippen LogP contribution in [0.5, 0.6) is 0 Å². The van der Waals surface area contributed by atoms with Gasteiger partial charge in [-0.15, -0.1) is 0 Å². The number of nitrogens with one attached hydrogen (secondary N) is 1. The summed E-state index contributed by atoms with van der Waals surface area (Å²) in [5.41, 5.74) is 6.90. The summed E-state index contributed by atoms with van der Waals surface area (Å²) in [6, 6.07) is 10.3. The number of anilines is 2. The third-order valence-corrected chi connectivity index (χ3v) is 2.55. The van der Waals surface area contributed by atoms with Gasteiger partial charge in [0.25, 0.3) is 0 Å². The normalized spacial score (nSPS) is 10.3. The Balaban J connectivity index is 1.92. The Hall–Kier alpha value is -2.17. The summed E-state index contributed by atoms with van der Waals surface area (Å²) in [5.74, 6) is 1.53. The summed E-state index contributed by atoms with van der Waals surface area (Å²) in [5, 5.41) is 3.17. The first-order valence-electron chi connectivity index (χ1n) is 6.06. The highest BCUT2D eigenvalue weighted by Gasteiger charge is 2.02. The molecule has 2 rings (SSSR count). The second-order valence-electron chi connectivity index (χ2n) is 3.95. The lowest BCUT2D eigenvalue weighted by molar-refractivity contribution is 0.892. The largest absolute Gasteiger partial charge is 0.368 e. The van der Waals surface area contributed by atoms with Crippen LogP contribution in [0.3, 0.4) is 0 Å². The maximum Gasteiger partial charge on any atom is 0.227 e. The molecule has 18 heavy (non-hydrogen) atoms. The fraction of sp³-hybridized carbons (Fsp3) is 0.308. The van der Waals surface area contributed by atoms with E-state index in [9.17, 15) is 0 Å². The first kappa shape index (κ1) is 12.3. The van der Waals surface area contributed by atoms with Gasteiger partial charge in [0.1, 0.15) is 5.82 Å². The van der Waals surface area contributed by atoms with Gasteiger partial charge in [0.15, 0.2) is 0 Å². The number of hydrogen-bond donors (Lipinski definition) is 2. The zero-order valence-electron chi connectivity index (χ0n) is 10.4. The lowest BCUT2D eigenvalue weighted by Gasteiger charge is -2.06. The molecule has 94 valence electrons. The van der Waals surface area contributed by atoms with Crippen LogP contribution in [0.25, 0.3) is 0 Å². The molecule has 1 heterocycles. The van der Waals surface area contributed by atoms with Crippen LogP contribution in [0.2, 0.25) is 0 Å². The highest BCUT2D eigenvalue weighted by Crippen LogP contribution is 2.04. The van der Waals surface area contributed by atoms with E-state index in [4.69, 9.17) is 5.73 Å². The minimum absolute atomic E-state index is 0.268. The molecule has 5 nitrogen and oxygen atoms in total. The summed E-state index contributed by atoms with van der Waals surface area (Å²) in [6.45, 7) is 2.76. The molecule has 1 aromatic carbocycles. The number of hydrogen-bond acceptors (Lipinski definition) is 5. The second-order valence-corrected chi connectivity index (χ2v) is 3.95. The molecule has 0 aliphatic heterocycles. The van der Waals surface area contributed by atoms with E-state index < -0.39 is 0 Å². The summed E-state index contributed by atoms with van der Waals surface area (Å²) >= 11 is 0. The first-order chi connectivity index (χ1) is 8.78. The van der Waals surface area contributed by atoms with Crippen molar-refractivity contribution in [1.29, 1.82) is 0 Å². The lowest BCUT2D eigenvalue weighted by Crippen LogP contribution is -2.11. The lowest BCUT2D eigenvalue weighted by atomic mass is 10.1. The summed E-state index contributed by atoms with van der Waals surface area (Å²) in [4.78, 5) is 12.4. The van der Waals surface area contributed by atoms with Crippen molar-refractivity contribution in [3.63, 3.8) is 0 Å². The fourth-order valence-corrected chi connectivity index (χ4v) is 1.64. The van der Waals surface area contributed by atoms with E-state index in [-0.39, 0.29) is 5.95 Å². The maximum absolute atomic E-state index is 5.62. The SMILES string of the molecule is CCc1nc(N)nc(NCCc2ccccc2)n1. The maximum atomic E-state index is 5.62. The average Bonchev–Trinajstić information content (AvgIpc) is 2.39. The van der Waals surface area contributed by atoms with E-state index in [0.29, 0.717) is 11.8 Å². The molecule has 0 unspecified atom stereocenters. The van der Waals surface area contributed by atoms with E-state index in [0.717, 1.165) is 19.4 Å². The molecule has 0 aliphatic rings. The van der Waals surface area contributed by atoms with Gasteiger partial charge in [-0.05, 0) is 12.0 Å². The van der Waals surface area contributed by atoms with Gasteiger partial charge in [0.2, 0.25) is 11.9 Å². The van der Waals surface area contributed by atoms with Gasteiger partial charge in [-0.2, -0.15) is 15.0 Å². The molecule has 0 fully saturated rings. The average molecular weight is 243 g/mol. The molecular weight excluding hydrogens is 226 g/mol. The molecular formula is C13H17N5. The molecule has 0 saturated heterocycles. The molecule has 0 aliphatic carbocycles. The molecule has 0 atom stereocenters. The van der Waals surface area contributed by atoms with Crippen LogP contribution in [0.15, 0.2) is 30.3 Å². The van der Waals surface area contributed by atoms with Crippen LogP contribution in [-0.4, -0.2) is 21.5 Å². The van der Waals surface area contributed by atoms with Crippen LogP contribution in [0, 0.1) is 0 Å². The number of nitrogens with zero attached hydrogens (tertiary/aromatic N) is 3. The summed E-state index contributed by atoms with van der Waals surface area (Å²) in [7, 11) is 0. The van der Waals surface area contributed by atoms with E-state index in [2.05, 4.69) is 32.4 Å². The van der Waals surface area contributed by atoms with E-state index in [1.165, 1.54) is 5.56 Å². The molecule has 0 bridgehead atoms. The molecule has 0 spiro atoms. The van der Waals surface area contributed by atoms with Crippen molar-refractivity contribution >= 4 is 11.9 Å². The van der Waals surface area contributed by atoms with Crippen LogP contribution in [0.4, 0.5) is 11.9 Å². The van der Waals surface area contributed by atoms with Gasteiger partial charge < -0.3 is 11.1 Å². The van der Waals surface area contributed by atoms with Gasteiger partial charge in [-0.25, -0.2) is 0 Å². The van der Waals surface area contributed by atoms with Crippen LogP contribution >= 0.6 is 0 Å². The van der Waals surface area contributed by atoms with Crippen LogP contribution < -0.4 is 11.1 Å². The van der Waals surface area contributed by atoms with Crippen molar-refractivity contribution in [2.75, 3.05) is 17.6 Å². The van der Waals surface area contributed by atoms with Gasteiger partial charge in [0, 0.05) is 13.0 Å². The zero-order valence-corrected chi connectivity index (χ0v) is 10.4. The second kappa shape index (κ2) is 5.95. The third-order valence-electron chi connectivity index (χ3n) is 2.55. The number of aromatic nitrogens is 3. The Kier molecular flexibility index (Phi) is 4.06. The van der Waals surface area contributed by atoms with Crippen molar-refractivity contribution in [1.82, 2.24) is 15.0 Å². The Morgan fingerprint density at radius 3 is 2.61 bits per heavy atom. The highest BCUT2D eigenvalue weighted by atomic mass is 15.2. The predicted molar refractivity (Wildman–Crippen MR) is 72.3 cm³/mol. The smallest absolute Gasteiger partial charge is 0.227 e. The topological polar surface area (TPSA) is 76.7 Å². The van der Waals surface area contributed by atoms with Crippen molar-refractivity contribution in [2.24, 2.45) is 0 Å². The molecule has 1 aromatic heterocycles. The van der Waals surface area contributed by atoms with E-state index in [1.807, 2.05) is 25.1 Å². The van der Waals surface area contributed by atoms with E-state index >= 15 is 0 Å². The zero-order chi connectivity index (χ0) is 12.8. The van der Waals surface area contributed by atoms with Crippen molar-refractivity contribution in [3.8, 4) is 0 Å². The highest BCUT2D eigenvalue weighted by molar-refractivity contribution is 5.31. The van der Waals surface area contributed by atoms with Crippen molar-refractivity contribution in [2.45, 2.75) is 19.8 Å². The standard InChI is InChI=1S/C13H17N5/c1-2-11-16-12(14)18-13(17-11)15-9-8-10-6-4-3-5-7-10/h3-7H,2,8-9H2,1H3,(H3,14,15,16,17,18). The van der Waals surface area contributed by atoms with Gasteiger partial charge in [0.05, 0.1) is 0 Å². The molecule has 5 heteroatoms. The Morgan fingerprint density at radius 2 is 1.89 bits per heavy atom. The quantitative estimate of drug-likeness (QED) is 0.835. The minimum Gasteiger partial charge on any atom is -0.368 e. The number of nitrogens with two attached hydrogens (primary N) is 1.